The molecule has 11 heteroatoms. The summed E-state index contributed by atoms with van der Waals surface area (Å²) in [5, 5.41) is 10.3. The van der Waals surface area contributed by atoms with Gasteiger partial charge in [-0.1, -0.05) is 26.0 Å². The van der Waals surface area contributed by atoms with E-state index in [1.807, 2.05) is 32.1 Å². The number of benzene rings is 1. The Balaban J connectivity index is 0. The second-order valence-corrected chi connectivity index (χ2v) is 6.84. The van der Waals surface area contributed by atoms with Crippen molar-refractivity contribution in [1.82, 2.24) is 0 Å². The monoisotopic (exact) mass is 431 g/mol. The Morgan fingerprint density at radius 1 is 0.840 bits per heavy atom. The van der Waals surface area contributed by atoms with Crippen molar-refractivity contribution >= 4 is 13.5 Å². The molecule has 143 valence electrons. The number of non-ortho nitro benzene ring substituents is 1. The second kappa shape index (κ2) is 9.19. The van der Waals surface area contributed by atoms with Crippen molar-refractivity contribution in [3.63, 3.8) is 0 Å². The minimum absolute atomic E-state index is 0. The molecule has 0 amide bonds. The van der Waals surface area contributed by atoms with Gasteiger partial charge in [0.15, 0.2) is 0 Å². The van der Waals surface area contributed by atoms with Gasteiger partial charge >= 0.3 is 50.1 Å². The summed E-state index contributed by atoms with van der Waals surface area (Å²) in [6.07, 6.45) is 10.0. The van der Waals surface area contributed by atoms with E-state index >= 15 is 0 Å². The Labute approximate surface area is 153 Å². The molecular weight excluding hydrogens is 415 g/mol. The van der Waals surface area contributed by atoms with Crippen LogP contribution in [0.2, 0.25) is 0 Å². The van der Waals surface area contributed by atoms with Crippen LogP contribution in [0.1, 0.15) is 25.3 Å². The minimum atomic E-state index is -10.7. The molecule has 2 rings (SSSR count). The van der Waals surface area contributed by atoms with Gasteiger partial charge in [-0.25, -0.2) is 0 Å². The molecule has 0 atom stereocenters. The smallest absolute Gasteiger partial charge is 0.0312 e. The average Bonchev–Trinajstić information content (AvgIpc) is 2.94. The van der Waals surface area contributed by atoms with Crippen molar-refractivity contribution in [2.75, 3.05) is 0 Å². The molecule has 1 saturated carbocycles. The predicted molar refractivity (Wildman–Crippen MR) is 82.3 cm³/mol. The van der Waals surface area contributed by atoms with Crippen molar-refractivity contribution in [1.29, 1.82) is 0 Å². The van der Waals surface area contributed by atoms with Gasteiger partial charge in [0.25, 0.3) is 5.69 Å². The number of rotatable bonds is 2. The van der Waals surface area contributed by atoms with E-state index in [2.05, 4.69) is 13.8 Å². The minimum Gasteiger partial charge on any atom is -0.0312 e. The molecule has 1 aliphatic carbocycles. The summed E-state index contributed by atoms with van der Waals surface area (Å²) in [5.41, 5.74) is 1.28. The molecule has 1 aromatic rings. The number of hydrogen-bond donors (Lipinski definition) is 0. The van der Waals surface area contributed by atoms with Crippen LogP contribution in [0.3, 0.4) is 0 Å². The first-order chi connectivity index (χ1) is 10.6. The van der Waals surface area contributed by atoms with Gasteiger partial charge < -0.3 is 0 Å². The van der Waals surface area contributed by atoms with E-state index in [-0.39, 0.29) is 27.7 Å². The maximum Gasteiger partial charge on any atom is 2.00 e. The van der Waals surface area contributed by atoms with Gasteiger partial charge in [-0.15, -0.1) is 0 Å². The summed E-state index contributed by atoms with van der Waals surface area (Å²) in [4.78, 5) is 9.90. The van der Waals surface area contributed by atoms with Crippen LogP contribution >= 0.6 is 7.81 Å². The molecule has 25 heavy (non-hydrogen) atoms. The zero-order chi connectivity index (χ0) is 19.1. The summed E-state index contributed by atoms with van der Waals surface area (Å²) in [6.45, 7) is 4.11. The molecule has 1 aliphatic rings. The molecule has 0 unspecified atom stereocenters. The number of nitro groups is 1. The number of hydrogen-bond acceptors (Lipinski definition) is 2. The fourth-order valence-electron chi connectivity index (χ4n) is 1.30. The molecule has 1 fully saturated rings. The molecular formula is C14H16F6FeNO2P+. The zero-order valence-corrected chi connectivity index (χ0v) is 15.1. The first-order valence-corrected chi connectivity index (χ1v) is 8.56. The first kappa shape index (κ1) is 26.4. The van der Waals surface area contributed by atoms with Crippen molar-refractivity contribution < 1.29 is 47.2 Å². The summed E-state index contributed by atoms with van der Waals surface area (Å²) in [7, 11) is -10.7. The zero-order valence-electron chi connectivity index (χ0n) is 13.1. The van der Waals surface area contributed by atoms with E-state index in [1.165, 1.54) is 12.1 Å². The molecule has 5 radical (unpaired) electrons. The third-order valence-electron chi connectivity index (χ3n) is 2.33. The Kier molecular flexibility index (Phi) is 9.70. The third kappa shape index (κ3) is 21.1. The molecule has 3 nitrogen and oxygen atoms in total. The van der Waals surface area contributed by atoms with Crippen molar-refractivity contribution in [2.24, 2.45) is 0 Å². The Morgan fingerprint density at radius 2 is 1.12 bits per heavy atom. The van der Waals surface area contributed by atoms with Crippen molar-refractivity contribution in [2.45, 2.75) is 19.8 Å². The second-order valence-electron chi connectivity index (χ2n) is 4.92. The summed E-state index contributed by atoms with van der Waals surface area (Å²) < 4.78 is 59.2. The van der Waals surface area contributed by atoms with Crippen LogP contribution in [0.25, 0.3) is 0 Å². The van der Waals surface area contributed by atoms with Crippen LogP contribution in [-0.2, 0) is 17.1 Å². The molecule has 0 spiro atoms. The van der Waals surface area contributed by atoms with Gasteiger partial charge in [-0.05, 0) is 43.6 Å². The molecule has 0 bridgehead atoms. The summed E-state index contributed by atoms with van der Waals surface area (Å²) >= 11 is 0. The molecule has 0 aliphatic heterocycles. The van der Waals surface area contributed by atoms with Crippen LogP contribution in [0.15, 0.2) is 24.3 Å². The predicted octanol–water partition coefficient (Wildman–Crippen LogP) is 7.12. The Morgan fingerprint density at radius 3 is 1.32 bits per heavy atom. The van der Waals surface area contributed by atoms with Crippen LogP contribution < -0.4 is 0 Å². The van der Waals surface area contributed by atoms with Crippen LogP contribution in [0, 0.1) is 42.2 Å². The molecule has 1 aromatic carbocycles. The Hall–Kier alpha value is -0.851. The fourth-order valence-corrected chi connectivity index (χ4v) is 1.30. The Bertz CT molecular complexity index is 511. The normalized spacial score (nSPS) is 16.2. The van der Waals surface area contributed by atoms with Crippen molar-refractivity contribution in [3.05, 3.63) is 72.0 Å². The average molecular weight is 431 g/mol. The van der Waals surface area contributed by atoms with E-state index in [4.69, 9.17) is 0 Å². The van der Waals surface area contributed by atoms with Gasteiger partial charge in [-0.3, -0.25) is 10.1 Å². The molecule has 0 N–H and O–H groups in total. The van der Waals surface area contributed by atoms with Gasteiger partial charge in [-0.2, -0.15) is 0 Å². The molecule has 0 aromatic heterocycles. The first-order valence-electron chi connectivity index (χ1n) is 6.53. The summed E-state index contributed by atoms with van der Waals surface area (Å²) in [6, 6.07) is 6.66. The molecule has 0 saturated heterocycles. The number of nitro benzene ring substituents is 1. The summed E-state index contributed by atoms with van der Waals surface area (Å²) in [5.74, 6) is 0.422. The van der Waals surface area contributed by atoms with Gasteiger partial charge in [0.05, 0.1) is 4.92 Å². The number of nitrogens with zero attached hydrogens (tertiary/aromatic N) is 1. The van der Waals surface area contributed by atoms with E-state index in [9.17, 15) is 35.3 Å². The van der Waals surface area contributed by atoms with Gasteiger partial charge in [0.2, 0.25) is 0 Å². The van der Waals surface area contributed by atoms with Gasteiger partial charge in [0.1, 0.15) is 0 Å². The van der Waals surface area contributed by atoms with E-state index in [0.717, 1.165) is 5.56 Å². The fraction of sp³-hybridized carbons (Fsp3) is 0.214. The number of halogens is 6. The standard InChI is InChI=1S/C9H11NO2.C5H5.F6P.Fe/c1-7(2)8-3-5-9(6-4-8)10(11)12;1-2-4-5-3-1;1-7(2,3,4,5)6;/h3-7H,1-2H3;1-5H;;/q;;-1;+2. The SMILES string of the molecule is CC(C)c1ccc([N+](=O)[O-])cc1.F[P-](F)(F)(F)(F)F.[CH]1[CH][CH][CH][CH]1.[Fe+2]. The third-order valence-corrected chi connectivity index (χ3v) is 2.33. The van der Waals surface area contributed by atoms with Crippen LogP contribution in [0.5, 0.6) is 0 Å². The maximum absolute atomic E-state index is 10.7. The van der Waals surface area contributed by atoms with E-state index in [1.54, 1.807) is 12.1 Å². The van der Waals surface area contributed by atoms with E-state index < -0.39 is 7.81 Å². The maximum atomic E-state index is 10.3. The topological polar surface area (TPSA) is 43.1 Å². The van der Waals surface area contributed by atoms with Crippen LogP contribution in [-0.4, -0.2) is 4.92 Å². The van der Waals surface area contributed by atoms with E-state index in [0.29, 0.717) is 5.92 Å². The van der Waals surface area contributed by atoms with Crippen molar-refractivity contribution in [3.8, 4) is 0 Å². The van der Waals surface area contributed by atoms with Gasteiger partial charge in [0, 0.05) is 12.1 Å². The molecule has 0 heterocycles. The quantitative estimate of drug-likeness (QED) is 0.165. The van der Waals surface area contributed by atoms with Crippen LogP contribution in [0.4, 0.5) is 30.9 Å². The largest absolute Gasteiger partial charge is 2.00 e.